The van der Waals surface area contributed by atoms with Gasteiger partial charge < -0.3 is 4.18 Å². The molecule has 0 amide bonds. The lowest BCUT2D eigenvalue weighted by atomic mass is 9.92. The summed E-state index contributed by atoms with van der Waals surface area (Å²) in [4.78, 5) is 0.136. The Morgan fingerprint density at radius 1 is 0.633 bits per heavy atom. The van der Waals surface area contributed by atoms with E-state index in [1.54, 1.807) is 24.3 Å². The summed E-state index contributed by atoms with van der Waals surface area (Å²) in [5.74, 6) is 0.350. The Hall–Kier alpha value is -3.37. The van der Waals surface area contributed by atoms with Crippen LogP contribution in [-0.4, -0.2) is 8.42 Å². The largest absolute Gasteiger partial charge is 0.378 e. The van der Waals surface area contributed by atoms with E-state index < -0.39 is 10.1 Å². The van der Waals surface area contributed by atoms with Crippen LogP contribution in [0.2, 0.25) is 0 Å². The monoisotopic (exact) mass is 414 g/mol. The van der Waals surface area contributed by atoms with Crippen molar-refractivity contribution in [2.75, 3.05) is 0 Å². The Labute approximate surface area is 177 Å². The molecular weight excluding hydrogens is 392 g/mol. The Balaban J connectivity index is 1.92. The molecule has 3 nitrogen and oxygen atoms in total. The SMILES string of the molecule is Cc1ccc(S(=O)(=O)Oc2c(C)ccc(-c3ccccc3)c2-c2ccccc2)cc1. The van der Waals surface area contributed by atoms with Gasteiger partial charge in [-0.05, 0) is 48.2 Å². The molecule has 0 aliphatic rings. The fourth-order valence-corrected chi connectivity index (χ4v) is 4.41. The van der Waals surface area contributed by atoms with E-state index in [2.05, 4.69) is 0 Å². The van der Waals surface area contributed by atoms with Gasteiger partial charge in [0, 0.05) is 5.56 Å². The number of rotatable bonds is 5. The Morgan fingerprint density at radius 3 is 1.80 bits per heavy atom. The molecule has 0 atom stereocenters. The zero-order valence-electron chi connectivity index (χ0n) is 16.9. The molecule has 4 aromatic rings. The first kappa shape index (κ1) is 19.9. The maximum Gasteiger partial charge on any atom is 0.339 e. The van der Waals surface area contributed by atoms with Gasteiger partial charge in [0.2, 0.25) is 0 Å². The van der Waals surface area contributed by atoms with Crippen molar-refractivity contribution >= 4 is 10.1 Å². The summed E-state index contributed by atoms with van der Waals surface area (Å²) >= 11 is 0. The molecule has 30 heavy (non-hydrogen) atoms. The zero-order chi connectivity index (χ0) is 21.1. The summed E-state index contributed by atoms with van der Waals surface area (Å²) in [6.07, 6.45) is 0. The third kappa shape index (κ3) is 4.00. The van der Waals surface area contributed by atoms with Gasteiger partial charge in [0.1, 0.15) is 4.90 Å². The van der Waals surface area contributed by atoms with Gasteiger partial charge in [0.15, 0.2) is 5.75 Å². The lowest BCUT2D eigenvalue weighted by Crippen LogP contribution is -2.11. The number of benzene rings is 4. The Kier molecular flexibility index (Phi) is 5.42. The quantitative estimate of drug-likeness (QED) is 0.355. The number of hydrogen-bond acceptors (Lipinski definition) is 3. The van der Waals surface area contributed by atoms with Crippen LogP contribution in [0.4, 0.5) is 0 Å². The van der Waals surface area contributed by atoms with E-state index in [0.717, 1.165) is 33.4 Å². The fourth-order valence-electron chi connectivity index (χ4n) is 3.41. The van der Waals surface area contributed by atoms with Gasteiger partial charge in [-0.1, -0.05) is 90.5 Å². The van der Waals surface area contributed by atoms with Gasteiger partial charge in [0.25, 0.3) is 0 Å². The predicted octanol–water partition coefficient (Wildman–Crippen LogP) is 6.41. The predicted molar refractivity (Wildman–Crippen MR) is 121 cm³/mol. The first-order valence-electron chi connectivity index (χ1n) is 9.71. The van der Waals surface area contributed by atoms with Gasteiger partial charge in [0.05, 0.1) is 0 Å². The highest BCUT2D eigenvalue weighted by Gasteiger charge is 2.23. The normalized spacial score (nSPS) is 11.3. The van der Waals surface area contributed by atoms with E-state index in [1.165, 1.54) is 0 Å². The maximum atomic E-state index is 13.1. The molecule has 0 saturated carbocycles. The average Bonchev–Trinajstić information content (AvgIpc) is 2.76. The topological polar surface area (TPSA) is 43.4 Å². The molecule has 0 spiro atoms. The molecule has 150 valence electrons. The highest BCUT2D eigenvalue weighted by Crippen LogP contribution is 2.42. The third-order valence-electron chi connectivity index (χ3n) is 5.00. The first-order valence-corrected chi connectivity index (χ1v) is 11.1. The zero-order valence-corrected chi connectivity index (χ0v) is 17.7. The molecule has 0 saturated heterocycles. The van der Waals surface area contributed by atoms with Crippen LogP contribution in [0.1, 0.15) is 11.1 Å². The Bertz CT molecular complexity index is 1260. The van der Waals surface area contributed by atoms with Crippen molar-refractivity contribution < 1.29 is 12.6 Å². The van der Waals surface area contributed by atoms with Crippen molar-refractivity contribution in [3.8, 4) is 28.0 Å². The highest BCUT2D eigenvalue weighted by molar-refractivity contribution is 7.87. The second-order valence-electron chi connectivity index (χ2n) is 7.22. The highest BCUT2D eigenvalue weighted by atomic mass is 32.2. The van der Waals surface area contributed by atoms with Crippen LogP contribution in [0, 0.1) is 13.8 Å². The minimum Gasteiger partial charge on any atom is -0.378 e. The summed E-state index contributed by atoms with van der Waals surface area (Å²) in [5, 5.41) is 0. The summed E-state index contributed by atoms with van der Waals surface area (Å²) in [6, 6.07) is 30.2. The lowest BCUT2D eigenvalue weighted by molar-refractivity contribution is 0.485. The molecule has 0 heterocycles. The van der Waals surface area contributed by atoms with Gasteiger partial charge in [-0.15, -0.1) is 0 Å². The summed E-state index contributed by atoms with van der Waals surface area (Å²) in [7, 11) is -3.98. The van der Waals surface area contributed by atoms with Crippen LogP contribution < -0.4 is 4.18 Å². The Morgan fingerprint density at radius 2 is 1.20 bits per heavy atom. The van der Waals surface area contributed by atoms with E-state index in [-0.39, 0.29) is 4.90 Å². The second kappa shape index (κ2) is 8.17. The average molecular weight is 415 g/mol. The van der Waals surface area contributed by atoms with E-state index >= 15 is 0 Å². The fraction of sp³-hybridized carbons (Fsp3) is 0.0769. The van der Waals surface area contributed by atoms with Crippen LogP contribution in [-0.2, 0) is 10.1 Å². The van der Waals surface area contributed by atoms with Gasteiger partial charge >= 0.3 is 10.1 Å². The first-order chi connectivity index (χ1) is 14.5. The smallest absolute Gasteiger partial charge is 0.339 e. The number of aryl methyl sites for hydroxylation is 2. The molecule has 0 bridgehead atoms. The molecule has 0 aliphatic heterocycles. The minimum atomic E-state index is -3.98. The molecule has 0 N–H and O–H groups in total. The summed E-state index contributed by atoms with van der Waals surface area (Å²) in [6.45, 7) is 3.78. The molecular formula is C26H22O3S. The van der Waals surface area contributed by atoms with Crippen LogP contribution in [0.25, 0.3) is 22.3 Å². The molecule has 4 heteroatoms. The van der Waals surface area contributed by atoms with Crippen LogP contribution in [0.15, 0.2) is 102 Å². The van der Waals surface area contributed by atoms with E-state index in [9.17, 15) is 8.42 Å². The van der Waals surface area contributed by atoms with Crippen LogP contribution in [0.3, 0.4) is 0 Å². The number of hydrogen-bond donors (Lipinski definition) is 0. The molecule has 0 fully saturated rings. The van der Waals surface area contributed by atoms with Crippen molar-refractivity contribution in [1.82, 2.24) is 0 Å². The standard InChI is InChI=1S/C26H22O3S/c1-19-13-16-23(17-14-19)30(27,28)29-26-20(2)15-18-24(21-9-5-3-6-10-21)25(26)22-11-7-4-8-12-22/h3-18H,1-2H3. The van der Waals surface area contributed by atoms with Gasteiger partial charge in [-0.3, -0.25) is 0 Å². The van der Waals surface area contributed by atoms with E-state index in [1.807, 2.05) is 86.6 Å². The van der Waals surface area contributed by atoms with Crippen molar-refractivity contribution in [2.45, 2.75) is 18.7 Å². The van der Waals surface area contributed by atoms with Crippen molar-refractivity contribution in [3.05, 3.63) is 108 Å². The van der Waals surface area contributed by atoms with Crippen LogP contribution in [0.5, 0.6) is 5.75 Å². The molecule has 0 aliphatic carbocycles. The second-order valence-corrected chi connectivity index (χ2v) is 8.76. The molecule has 4 aromatic carbocycles. The minimum absolute atomic E-state index is 0.136. The van der Waals surface area contributed by atoms with Crippen molar-refractivity contribution in [1.29, 1.82) is 0 Å². The summed E-state index contributed by atoms with van der Waals surface area (Å²) in [5.41, 5.74) is 5.31. The van der Waals surface area contributed by atoms with Gasteiger partial charge in [-0.25, -0.2) is 0 Å². The van der Waals surface area contributed by atoms with Gasteiger partial charge in [-0.2, -0.15) is 8.42 Å². The van der Waals surface area contributed by atoms with Crippen molar-refractivity contribution in [2.24, 2.45) is 0 Å². The lowest BCUT2D eigenvalue weighted by Gasteiger charge is -2.18. The van der Waals surface area contributed by atoms with Crippen molar-refractivity contribution in [3.63, 3.8) is 0 Å². The van der Waals surface area contributed by atoms with Crippen LogP contribution >= 0.6 is 0 Å². The maximum absolute atomic E-state index is 13.1. The summed E-state index contributed by atoms with van der Waals surface area (Å²) < 4.78 is 31.9. The van der Waals surface area contributed by atoms with E-state index in [0.29, 0.717) is 5.75 Å². The molecule has 0 aromatic heterocycles. The molecule has 4 rings (SSSR count). The van der Waals surface area contributed by atoms with E-state index in [4.69, 9.17) is 4.18 Å². The molecule has 0 radical (unpaired) electrons. The molecule has 0 unspecified atom stereocenters. The third-order valence-corrected chi connectivity index (χ3v) is 6.24.